The molecule has 0 saturated carbocycles. The van der Waals surface area contributed by atoms with Crippen molar-refractivity contribution in [1.82, 2.24) is 15.5 Å². The number of alkyl halides is 2. The quantitative estimate of drug-likeness (QED) is 0.397. The molecule has 2 aromatic rings. The molecule has 206 valence electrons. The number of phenolic OH excluding ortho intramolecular Hbond substituents is 1. The Hall–Kier alpha value is -3.53. The lowest BCUT2D eigenvalue weighted by Crippen LogP contribution is -2.57. The summed E-state index contributed by atoms with van der Waals surface area (Å²) in [6.07, 6.45) is -1.34. The molecule has 0 spiro atoms. The van der Waals surface area contributed by atoms with Crippen LogP contribution in [0.5, 0.6) is 5.75 Å². The fourth-order valence-corrected chi connectivity index (χ4v) is 4.69. The molecule has 4 N–H and O–H groups in total. The Morgan fingerprint density at radius 2 is 1.76 bits per heavy atom. The normalized spacial score (nSPS) is 19.4. The Kier molecular flexibility index (Phi) is 8.76. The fourth-order valence-electron chi connectivity index (χ4n) is 4.69. The molecule has 1 aliphatic rings. The second-order valence-electron chi connectivity index (χ2n) is 10.3. The third-order valence-corrected chi connectivity index (χ3v) is 7.19. The van der Waals surface area contributed by atoms with Gasteiger partial charge in [0.1, 0.15) is 11.8 Å². The van der Waals surface area contributed by atoms with E-state index in [4.69, 9.17) is 0 Å². The van der Waals surface area contributed by atoms with E-state index in [-0.39, 0.29) is 24.3 Å². The number of carbonyl (C=O) groups is 3. The number of phenols is 1. The molecule has 3 amide bonds. The van der Waals surface area contributed by atoms with Crippen LogP contribution in [-0.2, 0) is 16.0 Å². The molecule has 1 unspecified atom stereocenters. The lowest BCUT2D eigenvalue weighted by atomic mass is 9.81. The lowest BCUT2D eigenvalue weighted by molar-refractivity contribution is -0.148. The van der Waals surface area contributed by atoms with Crippen LogP contribution < -0.4 is 10.6 Å². The molecule has 1 heterocycles. The number of aliphatic hydroxyl groups excluding tert-OH is 1. The predicted octanol–water partition coefficient (Wildman–Crippen LogP) is 2.80. The van der Waals surface area contributed by atoms with Crippen LogP contribution in [0.4, 0.5) is 8.78 Å². The zero-order valence-corrected chi connectivity index (χ0v) is 22.0. The number of amides is 3. The molecule has 0 aliphatic carbocycles. The van der Waals surface area contributed by atoms with E-state index in [2.05, 4.69) is 10.6 Å². The van der Waals surface area contributed by atoms with Crippen LogP contribution >= 0.6 is 0 Å². The zero-order chi connectivity index (χ0) is 28.3. The van der Waals surface area contributed by atoms with Gasteiger partial charge in [-0.15, -0.1) is 0 Å². The van der Waals surface area contributed by atoms with Gasteiger partial charge in [-0.3, -0.25) is 14.4 Å². The molecule has 0 radical (unpaired) electrons. The first-order valence-electron chi connectivity index (χ1n) is 12.6. The van der Waals surface area contributed by atoms with Crippen LogP contribution in [0, 0.1) is 12.3 Å². The highest BCUT2D eigenvalue weighted by Gasteiger charge is 2.64. The molecular weight excluding hydrogens is 496 g/mol. The first kappa shape index (κ1) is 29.0. The largest absolute Gasteiger partial charge is 0.508 e. The van der Waals surface area contributed by atoms with E-state index in [1.807, 2.05) is 6.92 Å². The highest BCUT2D eigenvalue weighted by molar-refractivity contribution is 5.97. The number of likely N-dealkylation sites (tertiary alicyclic amines) is 1. The molecule has 3 rings (SSSR count). The van der Waals surface area contributed by atoms with E-state index < -0.39 is 53.8 Å². The van der Waals surface area contributed by atoms with E-state index in [9.17, 15) is 24.6 Å². The van der Waals surface area contributed by atoms with Crippen LogP contribution in [-0.4, -0.2) is 70.0 Å². The lowest BCUT2D eigenvalue weighted by Gasteiger charge is -2.34. The number of aliphatic hydroxyl groups is 1. The number of halogens is 2. The average molecular weight is 532 g/mol. The van der Waals surface area contributed by atoms with Crippen molar-refractivity contribution in [2.45, 2.75) is 64.6 Å². The molecule has 1 aliphatic heterocycles. The third kappa shape index (κ3) is 5.80. The van der Waals surface area contributed by atoms with Crippen molar-refractivity contribution >= 4 is 17.7 Å². The van der Waals surface area contributed by atoms with Crippen molar-refractivity contribution in [3.63, 3.8) is 0 Å². The number of benzene rings is 2. The molecule has 8 nitrogen and oxygen atoms in total. The van der Waals surface area contributed by atoms with E-state index in [0.717, 1.165) is 4.90 Å². The van der Waals surface area contributed by atoms with E-state index in [0.29, 0.717) is 17.5 Å². The predicted molar refractivity (Wildman–Crippen MR) is 138 cm³/mol. The van der Waals surface area contributed by atoms with Crippen molar-refractivity contribution in [3.05, 3.63) is 65.2 Å². The molecule has 2 aromatic carbocycles. The standard InChI is InChI=1S/C28H35F2N3O5/c1-5-14-31-25(37)23-27(3,4)28(29,30)16-33(23)26(38)22(35)20(15-18-10-7-6-8-11-18)32-24(36)19-12-9-13-21(34)17(19)2/h6-13,20,22-23,34-35H,5,14-16H2,1-4H3,(H,31,37)(H,32,36)/t20?,22-,23+/m0/s1. The number of rotatable bonds is 9. The monoisotopic (exact) mass is 531 g/mol. The number of aromatic hydroxyl groups is 1. The number of hydrogen-bond acceptors (Lipinski definition) is 5. The summed E-state index contributed by atoms with van der Waals surface area (Å²) in [5.74, 6) is -5.96. The number of nitrogens with one attached hydrogen (secondary N) is 2. The number of carbonyl (C=O) groups excluding carboxylic acids is 3. The van der Waals surface area contributed by atoms with Crippen LogP contribution in [0.3, 0.4) is 0 Å². The first-order valence-corrected chi connectivity index (χ1v) is 12.6. The molecule has 0 bridgehead atoms. The summed E-state index contributed by atoms with van der Waals surface area (Å²) in [4.78, 5) is 40.3. The number of hydrogen-bond donors (Lipinski definition) is 4. The van der Waals surface area contributed by atoms with Gasteiger partial charge in [0.25, 0.3) is 17.7 Å². The van der Waals surface area contributed by atoms with Gasteiger partial charge in [-0.05, 0) is 37.5 Å². The summed E-state index contributed by atoms with van der Waals surface area (Å²) in [7, 11) is 0. The highest BCUT2D eigenvalue weighted by Crippen LogP contribution is 2.48. The topological polar surface area (TPSA) is 119 Å². The molecule has 3 atom stereocenters. The van der Waals surface area contributed by atoms with Gasteiger partial charge < -0.3 is 25.7 Å². The minimum absolute atomic E-state index is 0.0116. The summed E-state index contributed by atoms with van der Waals surface area (Å²) in [5.41, 5.74) is -0.773. The summed E-state index contributed by atoms with van der Waals surface area (Å²) in [5, 5.41) is 26.4. The van der Waals surface area contributed by atoms with E-state index >= 15 is 8.78 Å². The highest BCUT2D eigenvalue weighted by atomic mass is 19.3. The molecular formula is C28H35F2N3O5. The first-order chi connectivity index (χ1) is 17.8. The molecule has 0 aromatic heterocycles. The summed E-state index contributed by atoms with van der Waals surface area (Å²) >= 11 is 0. The van der Waals surface area contributed by atoms with Crippen molar-refractivity contribution in [1.29, 1.82) is 0 Å². The SMILES string of the molecule is CCCNC(=O)[C@H]1N(C(=O)[C@@H](O)C(Cc2ccccc2)NC(=O)c2cccc(O)c2C)CC(F)(F)C1(C)C. The van der Waals surface area contributed by atoms with Gasteiger partial charge in [0, 0.05) is 17.7 Å². The van der Waals surface area contributed by atoms with Crippen LogP contribution in [0.15, 0.2) is 48.5 Å². The fraction of sp³-hybridized carbons (Fsp3) is 0.464. The zero-order valence-electron chi connectivity index (χ0n) is 22.0. The minimum atomic E-state index is -3.40. The van der Waals surface area contributed by atoms with Gasteiger partial charge >= 0.3 is 0 Å². The Morgan fingerprint density at radius 3 is 2.39 bits per heavy atom. The van der Waals surface area contributed by atoms with Crippen molar-refractivity contribution in [2.75, 3.05) is 13.1 Å². The maximum absolute atomic E-state index is 15.0. The van der Waals surface area contributed by atoms with Crippen molar-refractivity contribution in [2.24, 2.45) is 5.41 Å². The van der Waals surface area contributed by atoms with Gasteiger partial charge in [-0.1, -0.05) is 57.2 Å². The molecule has 10 heteroatoms. The van der Waals surface area contributed by atoms with Crippen molar-refractivity contribution < 1.29 is 33.4 Å². The summed E-state index contributed by atoms with van der Waals surface area (Å²) < 4.78 is 30.1. The van der Waals surface area contributed by atoms with Gasteiger partial charge in [0.05, 0.1) is 18.0 Å². The maximum Gasteiger partial charge on any atom is 0.272 e. The van der Waals surface area contributed by atoms with Gasteiger partial charge in [-0.25, -0.2) is 8.78 Å². The van der Waals surface area contributed by atoms with E-state index in [1.165, 1.54) is 32.0 Å². The smallest absolute Gasteiger partial charge is 0.272 e. The Labute approximate surface area is 221 Å². The number of nitrogens with zero attached hydrogens (tertiary/aromatic N) is 1. The summed E-state index contributed by atoms with van der Waals surface area (Å²) in [6, 6.07) is 10.4. The van der Waals surface area contributed by atoms with Crippen LogP contribution in [0.25, 0.3) is 0 Å². The van der Waals surface area contributed by atoms with Crippen LogP contribution in [0.2, 0.25) is 0 Å². The van der Waals surface area contributed by atoms with Crippen molar-refractivity contribution in [3.8, 4) is 5.75 Å². The van der Waals surface area contributed by atoms with Gasteiger partial charge in [-0.2, -0.15) is 0 Å². The second kappa shape index (κ2) is 11.5. The van der Waals surface area contributed by atoms with Gasteiger partial charge in [0.15, 0.2) is 6.10 Å². The third-order valence-electron chi connectivity index (χ3n) is 7.19. The molecule has 1 fully saturated rings. The Morgan fingerprint density at radius 1 is 1.11 bits per heavy atom. The van der Waals surface area contributed by atoms with Gasteiger partial charge in [0.2, 0.25) is 5.91 Å². The average Bonchev–Trinajstić information content (AvgIpc) is 3.07. The Bertz CT molecular complexity index is 1170. The second-order valence-corrected chi connectivity index (χ2v) is 10.3. The minimum Gasteiger partial charge on any atom is -0.508 e. The molecule has 38 heavy (non-hydrogen) atoms. The summed E-state index contributed by atoms with van der Waals surface area (Å²) in [6.45, 7) is 5.00. The molecule has 1 saturated heterocycles. The van der Waals surface area contributed by atoms with E-state index in [1.54, 1.807) is 37.3 Å². The maximum atomic E-state index is 15.0. The Balaban J connectivity index is 1.94. The van der Waals surface area contributed by atoms with Crippen LogP contribution in [0.1, 0.15) is 48.7 Å².